The molecule has 0 aliphatic carbocycles. The molecule has 3 aromatic rings. The highest BCUT2D eigenvalue weighted by Crippen LogP contribution is 2.39. The molecule has 0 amide bonds. The SMILES string of the molecule is CC1=[N+](c2ccc(C)c([N+](=O)[O-])c2)[B-](F)(F)Oc2c1ccc1ccccc21. The Bertz CT molecular complexity index is 1150. The Kier molecular flexibility index (Phi) is 3.73. The molecular weight excluding hydrogens is 353 g/mol. The topological polar surface area (TPSA) is 55.4 Å². The summed E-state index contributed by atoms with van der Waals surface area (Å²) in [5.74, 6) is 0.133. The van der Waals surface area contributed by atoms with E-state index < -0.39 is 12.0 Å². The van der Waals surface area contributed by atoms with Gasteiger partial charge in [-0.1, -0.05) is 30.3 Å². The van der Waals surface area contributed by atoms with Crippen molar-refractivity contribution in [1.29, 1.82) is 0 Å². The van der Waals surface area contributed by atoms with E-state index in [0.717, 1.165) is 15.9 Å². The molecule has 8 heteroatoms. The molecule has 3 aromatic carbocycles. The molecule has 0 saturated carbocycles. The molecule has 0 bridgehead atoms. The van der Waals surface area contributed by atoms with Crippen LogP contribution in [0.25, 0.3) is 10.8 Å². The van der Waals surface area contributed by atoms with Crippen molar-refractivity contribution in [2.75, 3.05) is 0 Å². The molecular formula is C19H15BF2N2O3. The van der Waals surface area contributed by atoms with Crippen LogP contribution < -0.4 is 4.65 Å². The van der Waals surface area contributed by atoms with E-state index in [0.29, 0.717) is 16.5 Å². The molecule has 1 aliphatic heterocycles. The van der Waals surface area contributed by atoms with Crippen molar-refractivity contribution in [1.82, 2.24) is 0 Å². The zero-order valence-corrected chi connectivity index (χ0v) is 14.6. The zero-order chi connectivity index (χ0) is 19.3. The highest BCUT2D eigenvalue weighted by molar-refractivity contribution is 6.54. The lowest BCUT2D eigenvalue weighted by molar-refractivity contribution is -0.387. The van der Waals surface area contributed by atoms with Gasteiger partial charge in [0.2, 0.25) is 0 Å². The van der Waals surface area contributed by atoms with Crippen LogP contribution in [0, 0.1) is 17.0 Å². The molecule has 0 fully saturated rings. The Morgan fingerprint density at radius 1 is 1.07 bits per heavy atom. The Labute approximate surface area is 153 Å². The second-order valence-electron chi connectivity index (χ2n) is 6.53. The molecule has 1 aliphatic rings. The van der Waals surface area contributed by atoms with Gasteiger partial charge in [0.15, 0.2) is 5.69 Å². The van der Waals surface area contributed by atoms with E-state index in [2.05, 4.69) is 0 Å². The summed E-state index contributed by atoms with van der Waals surface area (Å²) in [6.45, 7) is 3.13. The predicted octanol–water partition coefficient (Wildman–Crippen LogP) is 4.98. The Morgan fingerprint density at radius 2 is 1.81 bits per heavy atom. The van der Waals surface area contributed by atoms with E-state index in [-0.39, 0.29) is 22.8 Å². The molecule has 0 radical (unpaired) electrons. The van der Waals surface area contributed by atoms with Crippen LogP contribution >= 0.6 is 0 Å². The fraction of sp³-hybridized carbons (Fsp3) is 0.105. The van der Waals surface area contributed by atoms with Gasteiger partial charge < -0.3 is 17.8 Å². The highest BCUT2D eigenvalue weighted by atomic mass is 19.3. The van der Waals surface area contributed by atoms with Crippen LogP contribution in [-0.2, 0) is 0 Å². The molecule has 0 N–H and O–H groups in total. The molecule has 0 saturated heterocycles. The normalized spacial score (nSPS) is 15.4. The maximum absolute atomic E-state index is 15.0. The van der Waals surface area contributed by atoms with Crippen molar-refractivity contribution in [3.63, 3.8) is 0 Å². The molecule has 4 rings (SSSR count). The van der Waals surface area contributed by atoms with Gasteiger partial charge in [0.05, 0.1) is 22.3 Å². The van der Waals surface area contributed by atoms with E-state index in [1.807, 2.05) is 18.2 Å². The molecule has 0 aromatic heterocycles. The van der Waals surface area contributed by atoms with Gasteiger partial charge in [-0.05, 0) is 24.4 Å². The number of halogens is 2. The van der Waals surface area contributed by atoms with E-state index >= 15 is 8.63 Å². The largest absolute Gasteiger partial charge is 0.834 e. The lowest BCUT2D eigenvalue weighted by atomic mass is 9.92. The quantitative estimate of drug-likeness (QED) is 0.364. The predicted molar refractivity (Wildman–Crippen MR) is 100 cm³/mol. The van der Waals surface area contributed by atoms with Crippen LogP contribution in [0.15, 0.2) is 54.6 Å². The van der Waals surface area contributed by atoms with Crippen LogP contribution in [0.5, 0.6) is 5.75 Å². The maximum Gasteiger partial charge on any atom is 0.834 e. The smallest absolute Gasteiger partial charge is 0.598 e. The second-order valence-corrected chi connectivity index (χ2v) is 6.53. The average molecular weight is 368 g/mol. The van der Waals surface area contributed by atoms with Gasteiger partial charge in [-0.2, -0.15) is 0 Å². The molecule has 0 atom stereocenters. The lowest BCUT2D eigenvalue weighted by Gasteiger charge is -2.31. The minimum absolute atomic E-state index is 0.0219. The van der Waals surface area contributed by atoms with Crippen molar-refractivity contribution in [3.8, 4) is 5.75 Å². The summed E-state index contributed by atoms with van der Waals surface area (Å²) in [6, 6.07) is 14.8. The number of hydrogen-bond donors (Lipinski definition) is 0. The zero-order valence-electron chi connectivity index (χ0n) is 14.6. The lowest BCUT2D eigenvalue weighted by Crippen LogP contribution is -2.49. The first-order chi connectivity index (χ1) is 12.8. The van der Waals surface area contributed by atoms with Crippen molar-refractivity contribution >= 4 is 34.9 Å². The monoisotopic (exact) mass is 368 g/mol. The number of nitro groups is 1. The summed E-state index contributed by atoms with van der Waals surface area (Å²) in [7, 11) is -4.46. The minimum Gasteiger partial charge on any atom is -0.598 e. The van der Waals surface area contributed by atoms with Gasteiger partial charge in [0, 0.05) is 23.9 Å². The number of rotatable bonds is 2. The van der Waals surface area contributed by atoms with Crippen molar-refractivity contribution < 1.29 is 22.7 Å². The fourth-order valence-electron chi connectivity index (χ4n) is 3.52. The van der Waals surface area contributed by atoms with Crippen LogP contribution in [0.2, 0.25) is 0 Å². The third kappa shape index (κ3) is 2.64. The Morgan fingerprint density at radius 3 is 2.56 bits per heavy atom. The van der Waals surface area contributed by atoms with Crippen LogP contribution in [0.3, 0.4) is 0 Å². The molecule has 5 nitrogen and oxygen atoms in total. The summed E-state index contributed by atoms with van der Waals surface area (Å²) in [5.41, 5.74) is 1.03. The number of hydrogen-bond acceptors (Lipinski definition) is 3. The maximum atomic E-state index is 15.0. The van der Waals surface area contributed by atoms with Gasteiger partial charge in [-0.25, -0.2) is 0 Å². The van der Waals surface area contributed by atoms with Gasteiger partial charge in [-0.15, -0.1) is 0 Å². The van der Waals surface area contributed by atoms with E-state index in [9.17, 15) is 10.1 Å². The van der Waals surface area contributed by atoms with Gasteiger partial charge in [0.1, 0.15) is 5.71 Å². The van der Waals surface area contributed by atoms with E-state index in [4.69, 9.17) is 4.65 Å². The van der Waals surface area contributed by atoms with Crippen molar-refractivity contribution in [3.05, 3.63) is 75.8 Å². The standard InChI is InChI=1S/C19H15BF2N2O3/c1-12-7-9-15(11-18(12)24(25)26)23-13(2)16-10-8-14-5-3-4-6-17(14)19(16)27-20(23,21)22/h3-11H,1-2H3. The van der Waals surface area contributed by atoms with Crippen LogP contribution in [-0.4, -0.2) is 22.2 Å². The van der Waals surface area contributed by atoms with Crippen LogP contribution in [0.4, 0.5) is 20.0 Å². The second kappa shape index (κ2) is 5.87. The minimum atomic E-state index is -4.46. The molecule has 27 heavy (non-hydrogen) atoms. The van der Waals surface area contributed by atoms with Crippen molar-refractivity contribution in [2.24, 2.45) is 0 Å². The Hall–Kier alpha value is -3.29. The molecule has 0 spiro atoms. The first-order valence-corrected chi connectivity index (χ1v) is 8.40. The number of fused-ring (bicyclic) bond motifs is 3. The Balaban J connectivity index is 1.99. The number of nitro benzene ring substituents is 1. The third-order valence-electron chi connectivity index (χ3n) is 4.86. The fourth-order valence-corrected chi connectivity index (χ4v) is 3.52. The van der Waals surface area contributed by atoms with Crippen molar-refractivity contribution in [2.45, 2.75) is 13.8 Å². The summed E-state index contributed by atoms with van der Waals surface area (Å²) in [4.78, 5) is 10.6. The number of nitrogens with zero attached hydrogens (tertiary/aromatic N) is 2. The molecule has 0 unspecified atom stereocenters. The van der Waals surface area contributed by atoms with Gasteiger partial charge in [-0.3, -0.25) is 10.1 Å². The van der Waals surface area contributed by atoms with E-state index in [1.54, 1.807) is 32.0 Å². The van der Waals surface area contributed by atoms with E-state index in [1.165, 1.54) is 12.1 Å². The first kappa shape index (κ1) is 17.1. The number of benzene rings is 3. The summed E-state index contributed by atoms with van der Waals surface area (Å²) in [6.07, 6.45) is 0. The highest BCUT2D eigenvalue weighted by Gasteiger charge is 2.52. The first-order valence-electron chi connectivity index (χ1n) is 8.40. The number of aryl methyl sites for hydroxylation is 1. The summed E-state index contributed by atoms with van der Waals surface area (Å²) in [5, 5.41) is 12.6. The van der Waals surface area contributed by atoms with Gasteiger partial charge in [0.25, 0.3) is 5.69 Å². The average Bonchev–Trinajstić information content (AvgIpc) is 2.62. The van der Waals surface area contributed by atoms with Gasteiger partial charge >= 0.3 is 7.04 Å². The summed E-state index contributed by atoms with van der Waals surface area (Å²) >= 11 is 0. The molecule has 1 heterocycles. The van der Waals surface area contributed by atoms with Crippen LogP contribution in [0.1, 0.15) is 18.1 Å². The molecule has 136 valence electrons. The third-order valence-corrected chi connectivity index (χ3v) is 4.86. The summed E-state index contributed by atoms with van der Waals surface area (Å²) < 4.78 is 36.0.